The van der Waals surface area contributed by atoms with Crippen LogP contribution in [0, 0.1) is 11.8 Å². The zero-order valence-corrected chi connectivity index (χ0v) is 28.0. The van der Waals surface area contributed by atoms with Crippen molar-refractivity contribution < 1.29 is 38.7 Å². The molecule has 0 aliphatic carbocycles. The van der Waals surface area contributed by atoms with Crippen molar-refractivity contribution in [2.75, 3.05) is 26.6 Å². The predicted molar refractivity (Wildman–Crippen MR) is 179 cm³/mol. The Morgan fingerprint density at radius 3 is 2.53 bits per heavy atom. The standard InChI is InChI=1S/C34H47N5O8/c1-19-13-24-29(37-12-11-23-17-36-18-38-23)26(40)16-25(30(24)41)39-33(42)20(2)9-8-10-27(44-5)32(47-34(35)43)22(4)15-21(3)31(46-7)28(14-19)45-6/h8-10,12,15-19,21,27-28,31-32,40-41H,11,13-14H2,1-7H3,(H2,35,43)(H,36,38)(H,39,42)/t19-,21+,27?,28+,31-,32+/m1/s1. The van der Waals surface area contributed by atoms with Gasteiger partial charge in [-0.05, 0) is 38.2 Å². The molecule has 13 heteroatoms. The number of hydrogen-bond donors (Lipinski definition) is 5. The van der Waals surface area contributed by atoms with E-state index in [0.29, 0.717) is 36.0 Å². The number of allylic oxidation sites excluding steroid dienone is 2. The SMILES string of the molecule is COC1C=CC=C(C)C(=O)Nc2cc(O)c(N=CCc3cnc[nH]3)c(c2O)C[C@@H](C)C[C@H](OC)[C@H](OC)[C@@H](C)C=C(C)[C@@H]1OC(N)=O. The second-order valence-electron chi connectivity index (χ2n) is 11.7. The number of amides is 2. The number of benzene rings is 1. The minimum Gasteiger partial charge on any atom is -0.506 e. The van der Waals surface area contributed by atoms with Gasteiger partial charge in [0.1, 0.15) is 23.3 Å². The fraction of sp³-hybridized carbons (Fsp3) is 0.471. The first kappa shape index (κ1) is 37.0. The average molecular weight is 654 g/mol. The van der Waals surface area contributed by atoms with E-state index in [9.17, 15) is 19.8 Å². The first-order valence-electron chi connectivity index (χ1n) is 15.4. The number of primary amides is 1. The van der Waals surface area contributed by atoms with Gasteiger partial charge in [0.15, 0.2) is 6.10 Å². The minimum atomic E-state index is -0.961. The number of aromatic nitrogens is 2. The van der Waals surface area contributed by atoms with Crippen LogP contribution in [-0.2, 0) is 36.6 Å². The van der Waals surface area contributed by atoms with Crippen LogP contribution in [0.2, 0.25) is 0 Å². The lowest BCUT2D eigenvalue weighted by atomic mass is 9.87. The Balaban J connectivity index is 2.13. The summed E-state index contributed by atoms with van der Waals surface area (Å²) in [5, 5.41) is 25.3. The summed E-state index contributed by atoms with van der Waals surface area (Å²) in [4.78, 5) is 36.6. The monoisotopic (exact) mass is 653 g/mol. The van der Waals surface area contributed by atoms with E-state index in [2.05, 4.69) is 20.3 Å². The van der Waals surface area contributed by atoms with E-state index in [-0.39, 0.29) is 40.8 Å². The number of H-pyrrole nitrogens is 1. The third kappa shape index (κ3) is 10.0. The second-order valence-corrected chi connectivity index (χ2v) is 11.7. The average Bonchev–Trinajstić information content (AvgIpc) is 3.54. The number of aromatic hydroxyl groups is 2. The summed E-state index contributed by atoms with van der Waals surface area (Å²) < 4.78 is 23.0. The molecule has 6 atom stereocenters. The van der Waals surface area contributed by atoms with Gasteiger partial charge in [0, 0.05) is 69.0 Å². The molecule has 1 unspecified atom stereocenters. The number of phenolic OH excluding ortho intramolecular Hbond substituents is 2. The number of rotatable bonds is 7. The van der Waals surface area contributed by atoms with Crippen LogP contribution in [0.3, 0.4) is 0 Å². The van der Waals surface area contributed by atoms with Crippen LogP contribution in [0.25, 0.3) is 0 Å². The fourth-order valence-electron chi connectivity index (χ4n) is 5.72. The van der Waals surface area contributed by atoms with E-state index in [4.69, 9.17) is 24.7 Å². The van der Waals surface area contributed by atoms with Crippen molar-refractivity contribution in [2.45, 2.75) is 71.4 Å². The highest BCUT2D eigenvalue weighted by molar-refractivity contribution is 6.04. The maximum absolute atomic E-state index is 13.2. The van der Waals surface area contributed by atoms with Gasteiger partial charge in [-0.1, -0.05) is 38.2 Å². The summed E-state index contributed by atoms with van der Waals surface area (Å²) in [5.41, 5.74) is 7.83. The molecule has 0 spiro atoms. The molecule has 3 rings (SSSR count). The van der Waals surface area contributed by atoms with Crippen LogP contribution in [0.4, 0.5) is 16.2 Å². The Bertz CT molecular complexity index is 1480. The summed E-state index contributed by atoms with van der Waals surface area (Å²) in [7, 11) is 4.68. The molecule has 1 aliphatic heterocycles. The summed E-state index contributed by atoms with van der Waals surface area (Å²) in [5.74, 6) is -1.23. The van der Waals surface area contributed by atoms with Gasteiger partial charge in [-0.2, -0.15) is 0 Å². The smallest absolute Gasteiger partial charge is 0.405 e. The highest BCUT2D eigenvalue weighted by Crippen LogP contribution is 2.44. The fourth-order valence-corrected chi connectivity index (χ4v) is 5.72. The Labute approximate surface area is 275 Å². The van der Waals surface area contributed by atoms with Crippen molar-refractivity contribution in [2.24, 2.45) is 22.6 Å². The topological polar surface area (TPSA) is 191 Å². The Kier molecular flexibility index (Phi) is 13.7. The quantitative estimate of drug-likeness (QED) is 0.120. The summed E-state index contributed by atoms with van der Waals surface area (Å²) >= 11 is 0. The first-order chi connectivity index (χ1) is 22.4. The van der Waals surface area contributed by atoms with Crippen molar-refractivity contribution in [3.8, 4) is 11.5 Å². The number of nitrogens with two attached hydrogens (primary N) is 1. The number of anilines is 1. The van der Waals surface area contributed by atoms with Crippen molar-refractivity contribution in [3.63, 3.8) is 0 Å². The van der Waals surface area contributed by atoms with Crippen molar-refractivity contribution in [1.29, 1.82) is 0 Å². The van der Waals surface area contributed by atoms with Gasteiger partial charge >= 0.3 is 6.09 Å². The maximum atomic E-state index is 13.2. The van der Waals surface area contributed by atoms with Crippen LogP contribution in [0.1, 0.15) is 45.4 Å². The Morgan fingerprint density at radius 2 is 1.91 bits per heavy atom. The highest BCUT2D eigenvalue weighted by atomic mass is 16.6. The van der Waals surface area contributed by atoms with Crippen LogP contribution < -0.4 is 11.1 Å². The van der Waals surface area contributed by atoms with Crippen molar-refractivity contribution in [1.82, 2.24) is 9.97 Å². The van der Waals surface area contributed by atoms with Gasteiger partial charge < -0.3 is 45.2 Å². The van der Waals surface area contributed by atoms with Gasteiger partial charge in [-0.3, -0.25) is 9.79 Å². The van der Waals surface area contributed by atoms with Gasteiger partial charge in [0.05, 0.1) is 24.2 Å². The number of carbonyl (C=O) groups excluding carboxylic acids is 2. The molecule has 2 heterocycles. The first-order valence-corrected chi connectivity index (χ1v) is 15.4. The van der Waals surface area contributed by atoms with E-state index >= 15 is 0 Å². The normalized spacial score (nSPS) is 24.9. The molecule has 2 amide bonds. The van der Waals surface area contributed by atoms with Gasteiger partial charge in [0.25, 0.3) is 5.91 Å². The van der Waals surface area contributed by atoms with E-state index in [1.807, 2.05) is 26.8 Å². The van der Waals surface area contributed by atoms with Crippen LogP contribution >= 0.6 is 0 Å². The lowest BCUT2D eigenvalue weighted by Gasteiger charge is -2.32. The third-order valence-electron chi connectivity index (χ3n) is 8.13. The summed E-state index contributed by atoms with van der Waals surface area (Å²) in [6.07, 6.45) is 9.47. The zero-order valence-electron chi connectivity index (χ0n) is 28.0. The van der Waals surface area contributed by atoms with E-state index in [1.165, 1.54) is 13.2 Å². The molecule has 2 aromatic rings. The third-order valence-corrected chi connectivity index (χ3v) is 8.13. The molecule has 13 nitrogen and oxygen atoms in total. The zero-order chi connectivity index (χ0) is 34.7. The number of aromatic amines is 1. The number of nitrogens with one attached hydrogen (secondary N) is 2. The molecule has 0 saturated heterocycles. The molecular formula is C34H47N5O8. The molecule has 1 aromatic carbocycles. The Morgan fingerprint density at radius 1 is 1.17 bits per heavy atom. The van der Waals surface area contributed by atoms with Crippen LogP contribution in [0.5, 0.6) is 11.5 Å². The number of hydrogen-bond acceptors (Lipinski definition) is 10. The van der Waals surface area contributed by atoms with Crippen LogP contribution in [0.15, 0.2) is 59.0 Å². The predicted octanol–water partition coefficient (Wildman–Crippen LogP) is 4.88. The molecular weight excluding hydrogens is 606 g/mol. The van der Waals surface area contributed by atoms with Crippen molar-refractivity contribution in [3.05, 3.63) is 65.3 Å². The van der Waals surface area contributed by atoms with E-state index in [0.717, 1.165) is 5.69 Å². The molecule has 2 bridgehead atoms. The molecule has 0 radical (unpaired) electrons. The molecule has 0 saturated carbocycles. The molecule has 256 valence electrons. The van der Waals surface area contributed by atoms with Crippen LogP contribution in [-0.4, -0.2) is 84.1 Å². The van der Waals surface area contributed by atoms with Gasteiger partial charge in [-0.25, -0.2) is 9.78 Å². The number of ether oxygens (including phenoxy) is 4. The Hall–Kier alpha value is -4.46. The number of imidazole rings is 1. The number of carbonyl (C=O) groups is 2. The number of fused-ring (bicyclic) bond motifs is 2. The minimum absolute atomic E-state index is 0.0352. The number of nitrogens with zero attached hydrogens (tertiary/aromatic N) is 2. The summed E-state index contributed by atoms with van der Waals surface area (Å²) in [6, 6.07) is 1.28. The van der Waals surface area contributed by atoms with E-state index < -0.39 is 30.3 Å². The van der Waals surface area contributed by atoms with E-state index in [1.54, 1.807) is 58.1 Å². The van der Waals surface area contributed by atoms with Gasteiger partial charge in [0.2, 0.25) is 0 Å². The van der Waals surface area contributed by atoms with Gasteiger partial charge in [-0.15, -0.1) is 0 Å². The highest BCUT2D eigenvalue weighted by Gasteiger charge is 2.31. The second kappa shape index (κ2) is 17.5. The lowest BCUT2D eigenvalue weighted by molar-refractivity contribution is -0.112. The molecule has 47 heavy (non-hydrogen) atoms. The lowest BCUT2D eigenvalue weighted by Crippen LogP contribution is -2.38. The molecule has 1 aromatic heterocycles. The maximum Gasteiger partial charge on any atom is 0.405 e. The molecule has 1 aliphatic rings. The molecule has 6 N–H and O–H groups in total. The number of aliphatic imine (C=N–C) groups is 1. The largest absolute Gasteiger partial charge is 0.506 e. The molecule has 0 fully saturated rings. The summed E-state index contributed by atoms with van der Waals surface area (Å²) in [6.45, 7) is 7.37. The van der Waals surface area contributed by atoms with Crippen molar-refractivity contribution >= 4 is 29.6 Å². The number of phenols is 2. The number of methoxy groups -OCH3 is 3.